The minimum atomic E-state index is -4.64. The lowest BCUT2D eigenvalue weighted by molar-refractivity contribution is -0.137. The quantitative estimate of drug-likeness (QED) is 0.797. The first-order valence-electron chi connectivity index (χ1n) is 7.65. The number of halogens is 3. The van der Waals surface area contributed by atoms with E-state index in [1.54, 1.807) is 6.07 Å². The molecule has 142 valence electrons. The zero-order valence-electron chi connectivity index (χ0n) is 14.4. The van der Waals surface area contributed by atoms with Crippen LogP contribution in [0, 0.1) is 18.3 Å². The number of hydrogen-bond acceptors (Lipinski definition) is 6. The number of aromatic nitrogens is 1. The van der Waals surface area contributed by atoms with Gasteiger partial charge < -0.3 is 9.84 Å². The lowest BCUT2D eigenvalue weighted by atomic mass is 10.1. The van der Waals surface area contributed by atoms with E-state index in [0.717, 1.165) is 16.7 Å². The fraction of sp³-hybridized carbons (Fsp3) is 0.294. The Morgan fingerprint density at radius 1 is 1.30 bits per heavy atom. The van der Waals surface area contributed by atoms with Crippen LogP contribution in [0.15, 0.2) is 39.3 Å². The van der Waals surface area contributed by atoms with E-state index in [2.05, 4.69) is 10.2 Å². The highest BCUT2D eigenvalue weighted by molar-refractivity contribution is 5.57. The Morgan fingerprint density at radius 2 is 1.96 bits per heavy atom. The van der Waals surface area contributed by atoms with Crippen molar-refractivity contribution < 1.29 is 23.0 Å². The first-order chi connectivity index (χ1) is 12.7. The number of benzene rings is 1. The zero-order valence-corrected chi connectivity index (χ0v) is 14.4. The predicted octanol–water partition coefficient (Wildman–Crippen LogP) is 3.81. The number of methoxy groups -OCH3 is 1. The van der Waals surface area contributed by atoms with Gasteiger partial charge in [-0.1, -0.05) is 12.1 Å². The van der Waals surface area contributed by atoms with Crippen molar-refractivity contribution in [2.45, 2.75) is 19.6 Å². The molecule has 0 radical (unpaired) electrons. The highest BCUT2D eigenvalue weighted by atomic mass is 19.4. The molecular weight excluding hydrogens is 365 g/mol. The Labute approximate surface area is 152 Å². The van der Waals surface area contributed by atoms with E-state index in [1.165, 1.54) is 26.2 Å². The van der Waals surface area contributed by atoms with Gasteiger partial charge in [-0.2, -0.15) is 18.4 Å². The number of ether oxygens (including phenoxy) is 1. The summed E-state index contributed by atoms with van der Waals surface area (Å²) in [5.41, 5.74) is -2.82. The number of azo groups is 1. The van der Waals surface area contributed by atoms with Gasteiger partial charge in [0.1, 0.15) is 11.6 Å². The molecule has 2 rings (SSSR count). The van der Waals surface area contributed by atoms with Crippen LogP contribution in [0.25, 0.3) is 0 Å². The third-order valence-corrected chi connectivity index (χ3v) is 3.76. The van der Waals surface area contributed by atoms with Crippen LogP contribution in [0.3, 0.4) is 0 Å². The van der Waals surface area contributed by atoms with E-state index < -0.39 is 28.9 Å². The molecule has 0 bridgehead atoms. The average Bonchev–Trinajstić information content (AvgIpc) is 2.61. The van der Waals surface area contributed by atoms with Crippen LogP contribution in [0.5, 0.6) is 5.88 Å². The van der Waals surface area contributed by atoms with Crippen LogP contribution in [0.4, 0.5) is 24.5 Å². The van der Waals surface area contributed by atoms with Crippen LogP contribution in [0.1, 0.15) is 16.7 Å². The van der Waals surface area contributed by atoms with E-state index in [-0.39, 0.29) is 30.0 Å². The van der Waals surface area contributed by atoms with Gasteiger partial charge >= 0.3 is 6.18 Å². The second-order valence-corrected chi connectivity index (χ2v) is 5.45. The minimum absolute atomic E-state index is 0.0157. The van der Waals surface area contributed by atoms with Crippen LogP contribution in [-0.2, 0) is 17.5 Å². The third kappa shape index (κ3) is 4.15. The van der Waals surface area contributed by atoms with Crippen molar-refractivity contribution in [2.75, 3.05) is 13.7 Å². The molecule has 1 N–H and O–H groups in total. The maximum Gasteiger partial charge on any atom is 0.418 e. The first kappa shape index (κ1) is 20.1. The van der Waals surface area contributed by atoms with Crippen LogP contribution in [0.2, 0.25) is 0 Å². The summed E-state index contributed by atoms with van der Waals surface area (Å²) in [6.07, 6.45) is -4.64. The van der Waals surface area contributed by atoms with E-state index in [9.17, 15) is 28.3 Å². The highest BCUT2D eigenvalue weighted by Gasteiger charge is 2.33. The molecule has 0 aliphatic heterocycles. The number of alkyl halides is 3. The molecular formula is C17H15F3N4O3. The zero-order chi connectivity index (χ0) is 20.2. The average molecular weight is 380 g/mol. The summed E-state index contributed by atoms with van der Waals surface area (Å²) in [5, 5.41) is 26.5. The molecule has 0 saturated carbocycles. The number of nitriles is 1. The van der Waals surface area contributed by atoms with Crippen molar-refractivity contribution in [1.29, 1.82) is 5.26 Å². The SMILES string of the molecule is COCCn1c(O)c(C#N)c(C)c(N=Nc2ccccc2C(F)(F)F)c1=O. The van der Waals surface area contributed by atoms with Crippen molar-refractivity contribution in [2.24, 2.45) is 10.2 Å². The lowest BCUT2D eigenvalue weighted by Gasteiger charge is -2.12. The van der Waals surface area contributed by atoms with Crippen molar-refractivity contribution >= 4 is 11.4 Å². The summed E-state index contributed by atoms with van der Waals surface area (Å²) < 4.78 is 44.9. The van der Waals surface area contributed by atoms with Gasteiger partial charge in [0.25, 0.3) is 5.56 Å². The van der Waals surface area contributed by atoms with E-state index in [4.69, 9.17) is 4.74 Å². The standard InChI is InChI=1S/C17H15F3N4O3/c1-10-11(9-21)15(25)24(7-8-27-2)16(26)14(10)23-22-13-6-4-3-5-12(13)17(18,19)20/h3-6,25H,7-8H2,1-2H3. The third-order valence-electron chi connectivity index (χ3n) is 3.76. The second-order valence-electron chi connectivity index (χ2n) is 5.45. The number of pyridine rings is 1. The first-order valence-corrected chi connectivity index (χ1v) is 7.65. The molecule has 2 aromatic rings. The van der Waals surface area contributed by atoms with E-state index in [0.29, 0.717) is 0 Å². The van der Waals surface area contributed by atoms with Crippen molar-refractivity contribution in [1.82, 2.24) is 4.57 Å². The van der Waals surface area contributed by atoms with E-state index >= 15 is 0 Å². The number of hydrogen-bond donors (Lipinski definition) is 1. The Balaban J connectivity index is 2.63. The molecule has 0 unspecified atom stereocenters. The molecule has 0 saturated heterocycles. The molecule has 7 nitrogen and oxygen atoms in total. The van der Waals surface area contributed by atoms with E-state index in [1.807, 2.05) is 0 Å². The molecule has 0 atom stereocenters. The maximum absolute atomic E-state index is 13.1. The van der Waals surface area contributed by atoms with Crippen LogP contribution in [-0.4, -0.2) is 23.4 Å². The van der Waals surface area contributed by atoms with Crippen molar-refractivity contribution in [3.05, 3.63) is 51.3 Å². The lowest BCUT2D eigenvalue weighted by Crippen LogP contribution is -2.23. The van der Waals surface area contributed by atoms with Gasteiger partial charge in [-0.3, -0.25) is 9.36 Å². The Kier molecular flexibility index (Phi) is 5.97. The van der Waals surface area contributed by atoms with Gasteiger partial charge in [-0.25, -0.2) is 0 Å². The monoisotopic (exact) mass is 380 g/mol. The molecule has 0 amide bonds. The topological polar surface area (TPSA) is 100.0 Å². The van der Waals surface area contributed by atoms with Gasteiger partial charge in [0.2, 0.25) is 5.88 Å². The van der Waals surface area contributed by atoms with Gasteiger partial charge in [-0.05, 0) is 19.1 Å². The minimum Gasteiger partial charge on any atom is -0.493 e. The smallest absolute Gasteiger partial charge is 0.418 e. The predicted molar refractivity (Wildman–Crippen MR) is 89.3 cm³/mol. The van der Waals surface area contributed by atoms with Gasteiger partial charge in [0.05, 0.1) is 24.4 Å². The van der Waals surface area contributed by atoms with Gasteiger partial charge in [0, 0.05) is 12.7 Å². The Morgan fingerprint density at radius 3 is 2.56 bits per heavy atom. The molecule has 0 aliphatic carbocycles. The summed E-state index contributed by atoms with van der Waals surface area (Å²) in [6.45, 7) is 1.34. The molecule has 0 fully saturated rings. The Bertz CT molecular complexity index is 975. The van der Waals surface area contributed by atoms with Crippen LogP contribution >= 0.6 is 0 Å². The summed E-state index contributed by atoms with van der Waals surface area (Å²) >= 11 is 0. The number of aromatic hydroxyl groups is 1. The van der Waals surface area contributed by atoms with Crippen molar-refractivity contribution in [3.63, 3.8) is 0 Å². The summed E-state index contributed by atoms with van der Waals surface area (Å²) in [6, 6.07) is 6.26. The fourth-order valence-electron chi connectivity index (χ4n) is 2.35. The summed E-state index contributed by atoms with van der Waals surface area (Å²) in [4.78, 5) is 12.5. The molecule has 1 aromatic heterocycles. The normalized spacial score (nSPS) is 11.7. The fourth-order valence-corrected chi connectivity index (χ4v) is 2.35. The molecule has 0 aliphatic rings. The second kappa shape index (κ2) is 8.01. The number of rotatable bonds is 5. The molecule has 10 heteroatoms. The molecule has 1 heterocycles. The maximum atomic E-state index is 13.1. The molecule has 27 heavy (non-hydrogen) atoms. The molecule has 1 aromatic carbocycles. The van der Waals surface area contributed by atoms with Gasteiger partial charge in [-0.15, -0.1) is 10.2 Å². The van der Waals surface area contributed by atoms with Crippen LogP contribution < -0.4 is 5.56 Å². The summed E-state index contributed by atoms with van der Waals surface area (Å²) in [7, 11) is 1.39. The summed E-state index contributed by atoms with van der Waals surface area (Å²) in [5.74, 6) is -0.563. The Hall–Kier alpha value is -3.19. The van der Waals surface area contributed by atoms with Crippen molar-refractivity contribution in [3.8, 4) is 11.9 Å². The largest absolute Gasteiger partial charge is 0.493 e. The number of nitrogens with zero attached hydrogens (tertiary/aromatic N) is 4. The molecule has 0 spiro atoms. The highest BCUT2D eigenvalue weighted by Crippen LogP contribution is 2.37. The van der Waals surface area contributed by atoms with Gasteiger partial charge in [0.15, 0.2) is 5.69 Å².